The summed E-state index contributed by atoms with van der Waals surface area (Å²) >= 11 is 0. The third-order valence-corrected chi connectivity index (χ3v) is 2.26. The van der Waals surface area contributed by atoms with Gasteiger partial charge in [-0.2, -0.15) is 0 Å². The molecule has 0 aliphatic carbocycles. The van der Waals surface area contributed by atoms with E-state index in [4.69, 9.17) is 10.2 Å². The van der Waals surface area contributed by atoms with Crippen molar-refractivity contribution in [1.29, 1.82) is 0 Å². The van der Waals surface area contributed by atoms with Crippen molar-refractivity contribution >= 4 is 11.7 Å². The largest absolute Gasteiger partial charge is 0.478 e. The number of aliphatic hydroxyl groups is 1. The quantitative estimate of drug-likeness (QED) is 0.645. The van der Waals surface area contributed by atoms with Crippen molar-refractivity contribution in [3.8, 4) is 0 Å². The molecule has 1 aromatic carbocycles. The third-order valence-electron chi connectivity index (χ3n) is 2.26. The zero-order valence-corrected chi connectivity index (χ0v) is 9.31. The van der Waals surface area contributed by atoms with Crippen LogP contribution in [0.5, 0.6) is 0 Å². The molecular formula is C12H17NO3. The predicted octanol–water partition coefficient (Wildman–Crippen LogP) is 1.96. The van der Waals surface area contributed by atoms with Gasteiger partial charge in [-0.3, -0.25) is 0 Å². The number of aliphatic hydroxyl groups excluding tert-OH is 1. The first-order valence-corrected chi connectivity index (χ1v) is 5.35. The molecule has 4 nitrogen and oxygen atoms in total. The van der Waals surface area contributed by atoms with Gasteiger partial charge in [0.15, 0.2) is 0 Å². The van der Waals surface area contributed by atoms with E-state index in [0.29, 0.717) is 0 Å². The molecule has 0 bridgehead atoms. The fraction of sp³-hybridized carbons (Fsp3) is 0.417. The van der Waals surface area contributed by atoms with Gasteiger partial charge in [0.25, 0.3) is 0 Å². The maximum atomic E-state index is 10.6. The number of carboxylic acids is 1. The van der Waals surface area contributed by atoms with Gasteiger partial charge >= 0.3 is 5.97 Å². The number of carboxylic acid groups (broad SMARTS) is 1. The Kier molecular flexibility index (Phi) is 4.79. The summed E-state index contributed by atoms with van der Waals surface area (Å²) in [5.74, 6) is -0.916. The molecule has 1 aromatic rings. The van der Waals surface area contributed by atoms with Gasteiger partial charge in [-0.05, 0) is 44.0 Å². The van der Waals surface area contributed by atoms with Crippen molar-refractivity contribution in [1.82, 2.24) is 0 Å². The van der Waals surface area contributed by atoms with Crippen molar-refractivity contribution in [2.24, 2.45) is 0 Å². The Morgan fingerprint density at radius 3 is 2.50 bits per heavy atom. The van der Waals surface area contributed by atoms with Crippen LogP contribution in [0.25, 0.3) is 0 Å². The normalized spacial score (nSPS) is 12.1. The van der Waals surface area contributed by atoms with Crippen molar-refractivity contribution < 1.29 is 15.0 Å². The lowest BCUT2D eigenvalue weighted by atomic mass is 10.2. The number of aromatic carboxylic acids is 1. The Hall–Kier alpha value is -1.55. The van der Waals surface area contributed by atoms with Gasteiger partial charge in [0.05, 0.1) is 11.7 Å². The first-order chi connectivity index (χ1) is 7.59. The number of hydrogen-bond donors (Lipinski definition) is 3. The lowest BCUT2D eigenvalue weighted by Crippen LogP contribution is -2.06. The van der Waals surface area contributed by atoms with Crippen LogP contribution in [0.2, 0.25) is 0 Å². The summed E-state index contributed by atoms with van der Waals surface area (Å²) in [6.07, 6.45) is 1.38. The van der Waals surface area contributed by atoms with Crippen LogP contribution in [0.4, 0.5) is 5.69 Å². The lowest BCUT2D eigenvalue weighted by molar-refractivity contribution is 0.0697. The Balaban J connectivity index is 2.35. The van der Waals surface area contributed by atoms with Crippen LogP contribution in [0, 0.1) is 0 Å². The van der Waals surface area contributed by atoms with Crippen LogP contribution >= 0.6 is 0 Å². The van der Waals surface area contributed by atoms with Gasteiger partial charge in [-0.1, -0.05) is 0 Å². The molecule has 16 heavy (non-hydrogen) atoms. The second-order valence-corrected chi connectivity index (χ2v) is 3.80. The van der Waals surface area contributed by atoms with Crippen molar-refractivity contribution in [3.05, 3.63) is 29.8 Å². The lowest BCUT2D eigenvalue weighted by Gasteiger charge is -2.07. The molecule has 0 saturated carbocycles. The summed E-state index contributed by atoms with van der Waals surface area (Å²) in [7, 11) is 0. The molecule has 0 aliphatic heterocycles. The maximum Gasteiger partial charge on any atom is 0.335 e. The van der Waals surface area contributed by atoms with E-state index < -0.39 is 5.97 Å². The molecule has 0 radical (unpaired) electrons. The summed E-state index contributed by atoms with van der Waals surface area (Å²) in [4.78, 5) is 10.6. The van der Waals surface area contributed by atoms with E-state index in [-0.39, 0.29) is 11.7 Å². The van der Waals surface area contributed by atoms with E-state index >= 15 is 0 Å². The van der Waals surface area contributed by atoms with Gasteiger partial charge in [0.1, 0.15) is 0 Å². The average molecular weight is 223 g/mol. The highest BCUT2D eigenvalue weighted by Crippen LogP contribution is 2.09. The van der Waals surface area contributed by atoms with Gasteiger partial charge < -0.3 is 15.5 Å². The third kappa shape index (κ3) is 4.31. The van der Waals surface area contributed by atoms with Crippen LogP contribution in [-0.4, -0.2) is 28.8 Å². The molecule has 1 rings (SSSR count). The smallest absolute Gasteiger partial charge is 0.335 e. The fourth-order valence-electron chi connectivity index (χ4n) is 1.36. The molecule has 1 atom stereocenters. The minimum absolute atomic E-state index is 0.267. The van der Waals surface area contributed by atoms with Crippen LogP contribution in [0.15, 0.2) is 24.3 Å². The van der Waals surface area contributed by atoms with Crippen LogP contribution in [0.1, 0.15) is 30.1 Å². The molecule has 88 valence electrons. The summed E-state index contributed by atoms with van der Waals surface area (Å²) in [5, 5.41) is 20.9. The maximum absolute atomic E-state index is 10.6. The molecule has 0 heterocycles. The Morgan fingerprint density at radius 1 is 1.38 bits per heavy atom. The topological polar surface area (TPSA) is 69.6 Å². The molecule has 0 aromatic heterocycles. The van der Waals surface area contributed by atoms with Crippen LogP contribution in [-0.2, 0) is 0 Å². The number of benzene rings is 1. The standard InChI is InChI=1S/C12H17NO3/c1-9(14)3-2-8-13-11-6-4-10(5-7-11)12(15)16/h4-7,9,13-14H,2-3,8H2,1H3,(H,15,16). The molecule has 0 spiro atoms. The molecule has 1 unspecified atom stereocenters. The van der Waals surface area contributed by atoms with Crippen LogP contribution < -0.4 is 5.32 Å². The number of anilines is 1. The number of carbonyl (C=O) groups is 1. The fourth-order valence-corrected chi connectivity index (χ4v) is 1.36. The highest BCUT2D eigenvalue weighted by molar-refractivity contribution is 5.87. The predicted molar refractivity (Wildman–Crippen MR) is 62.8 cm³/mol. The van der Waals surface area contributed by atoms with Crippen molar-refractivity contribution in [2.45, 2.75) is 25.9 Å². The van der Waals surface area contributed by atoms with E-state index in [1.54, 1.807) is 31.2 Å². The van der Waals surface area contributed by atoms with E-state index in [0.717, 1.165) is 25.1 Å². The van der Waals surface area contributed by atoms with Gasteiger partial charge in [-0.15, -0.1) is 0 Å². The van der Waals surface area contributed by atoms with Gasteiger partial charge in [0, 0.05) is 12.2 Å². The molecular weight excluding hydrogens is 206 g/mol. The first-order valence-electron chi connectivity index (χ1n) is 5.35. The highest BCUT2D eigenvalue weighted by atomic mass is 16.4. The van der Waals surface area contributed by atoms with E-state index in [2.05, 4.69) is 5.32 Å². The van der Waals surface area contributed by atoms with Crippen molar-refractivity contribution in [3.63, 3.8) is 0 Å². The average Bonchev–Trinajstić information content (AvgIpc) is 2.25. The minimum Gasteiger partial charge on any atom is -0.478 e. The molecule has 0 aliphatic rings. The Bertz CT molecular complexity index is 333. The monoisotopic (exact) mass is 223 g/mol. The minimum atomic E-state index is -0.916. The molecule has 4 heteroatoms. The Morgan fingerprint density at radius 2 is 2.00 bits per heavy atom. The van der Waals surface area contributed by atoms with Gasteiger partial charge in [-0.25, -0.2) is 4.79 Å². The zero-order chi connectivity index (χ0) is 12.0. The number of hydrogen-bond acceptors (Lipinski definition) is 3. The zero-order valence-electron chi connectivity index (χ0n) is 9.31. The van der Waals surface area contributed by atoms with Gasteiger partial charge in [0.2, 0.25) is 0 Å². The second-order valence-electron chi connectivity index (χ2n) is 3.80. The van der Waals surface area contributed by atoms with Crippen molar-refractivity contribution in [2.75, 3.05) is 11.9 Å². The summed E-state index contributed by atoms with van der Waals surface area (Å²) in [6, 6.07) is 6.62. The Labute approximate surface area is 94.9 Å². The molecule has 0 saturated heterocycles. The summed E-state index contributed by atoms with van der Waals surface area (Å²) < 4.78 is 0. The highest BCUT2D eigenvalue weighted by Gasteiger charge is 2.01. The molecule has 0 fully saturated rings. The van der Waals surface area contributed by atoms with E-state index in [9.17, 15) is 4.79 Å². The molecule has 0 amide bonds. The number of rotatable bonds is 6. The van der Waals surface area contributed by atoms with E-state index in [1.807, 2.05) is 0 Å². The molecule has 3 N–H and O–H groups in total. The SMILES string of the molecule is CC(O)CCCNc1ccc(C(=O)O)cc1. The second kappa shape index (κ2) is 6.12. The number of nitrogens with one attached hydrogen (secondary N) is 1. The van der Waals surface area contributed by atoms with E-state index in [1.165, 1.54) is 0 Å². The first kappa shape index (κ1) is 12.5. The summed E-state index contributed by atoms with van der Waals surface area (Å²) in [6.45, 7) is 2.54. The summed E-state index contributed by atoms with van der Waals surface area (Å²) in [5.41, 5.74) is 1.19. The van der Waals surface area contributed by atoms with Crippen LogP contribution in [0.3, 0.4) is 0 Å².